The van der Waals surface area contributed by atoms with Crippen LogP contribution in [0.4, 0.5) is 0 Å². The van der Waals surface area contributed by atoms with E-state index in [0.29, 0.717) is 43.7 Å². The average molecular weight is 449 g/mol. The quantitative estimate of drug-likeness (QED) is 0.547. The van der Waals surface area contributed by atoms with E-state index in [1.165, 1.54) is 12.8 Å². The highest BCUT2D eigenvalue weighted by Crippen LogP contribution is 2.42. The maximum Gasteiger partial charge on any atom is 0.128 e. The summed E-state index contributed by atoms with van der Waals surface area (Å²) in [6.45, 7) is 14.4. The van der Waals surface area contributed by atoms with Crippen molar-refractivity contribution in [2.75, 3.05) is 39.4 Å². The summed E-state index contributed by atoms with van der Waals surface area (Å²) in [5.41, 5.74) is 5.33. The third kappa shape index (κ3) is 5.67. The van der Waals surface area contributed by atoms with Crippen molar-refractivity contribution >= 4 is 0 Å². The predicted octanol–water partition coefficient (Wildman–Crippen LogP) is 4.65. The number of phenolic OH excluding ortho intramolecular Hbond substituents is 2. The van der Waals surface area contributed by atoms with E-state index in [4.69, 9.17) is 4.74 Å². The molecule has 4 rings (SSSR count). The molecule has 2 aromatic rings. The van der Waals surface area contributed by atoms with Gasteiger partial charge in [0.15, 0.2) is 0 Å². The Morgan fingerprint density at radius 2 is 1.18 bits per heavy atom. The number of morpholine rings is 1. The van der Waals surface area contributed by atoms with E-state index in [9.17, 15) is 10.2 Å². The third-order valence-corrected chi connectivity index (χ3v) is 6.64. The van der Waals surface area contributed by atoms with Gasteiger partial charge >= 0.3 is 0 Å². The minimum absolute atomic E-state index is 0.243. The number of ether oxygens (including phenoxy) is 1. The fourth-order valence-electron chi connectivity index (χ4n) is 4.92. The lowest BCUT2D eigenvalue weighted by molar-refractivity contribution is 0.0339. The van der Waals surface area contributed by atoms with Gasteiger partial charge in [0.2, 0.25) is 0 Å². The molecular formula is C28H36N2O3. The van der Waals surface area contributed by atoms with Crippen molar-refractivity contribution in [2.45, 2.75) is 38.8 Å². The van der Waals surface area contributed by atoms with Crippen LogP contribution in [0.5, 0.6) is 11.5 Å². The molecule has 33 heavy (non-hydrogen) atoms. The standard InChI is InChI=1S/C28H36N2O3/c1-3-7-21-15-23(19-29-9-5-6-10-29)27(31)25(17-21)26-18-22(8-4-2)16-24(28(26)32)20-30-11-13-33-14-12-30/h3-4,15-18,31-32H,1-2,5-14,19-20H2. The SMILES string of the molecule is C=CCc1cc(CN2CCCC2)c(O)c(-c2cc(CC=C)cc(CN3CCOCC3)c2O)c1. The summed E-state index contributed by atoms with van der Waals surface area (Å²) in [6, 6.07) is 8.13. The lowest BCUT2D eigenvalue weighted by Gasteiger charge is -2.27. The lowest BCUT2D eigenvalue weighted by Crippen LogP contribution is -2.35. The van der Waals surface area contributed by atoms with Crippen molar-refractivity contribution < 1.29 is 14.9 Å². The first-order chi connectivity index (χ1) is 16.1. The van der Waals surface area contributed by atoms with Crippen molar-refractivity contribution in [3.63, 3.8) is 0 Å². The van der Waals surface area contributed by atoms with E-state index < -0.39 is 0 Å². The molecule has 176 valence electrons. The minimum Gasteiger partial charge on any atom is -0.507 e. The number of benzene rings is 2. The molecule has 0 unspecified atom stereocenters. The van der Waals surface area contributed by atoms with Crippen LogP contribution < -0.4 is 0 Å². The molecule has 0 saturated carbocycles. The predicted molar refractivity (Wildman–Crippen MR) is 134 cm³/mol. The summed E-state index contributed by atoms with van der Waals surface area (Å²) in [4.78, 5) is 4.68. The molecule has 0 aromatic heterocycles. The van der Waals surface area contributed by atoms with Gasteiger partial charge in [-0.1, -0.05) is 24.3 Å². The number of likely N-dealkylation sites (tertiary alicyclic amines) is 1. The molecular weight excluding hydrogens is 412 g/mol. The molecule has 0 radical (unpaired) electrons. The van der Waals surface area contributed by atoms with E-state index in [1.54, 1.807) is 0 Å². The number of allylic oxidation sites excluding steroid dienone is 2. The number of hydrogen-bond donors (Lipinski definition) is 2. The molecule has 2 heterocycles. The van der Waals surface area contributed by atoms with Crippen LogP contribution in [-0.4, -0.2) is 59.4 Å². The van der Waals surface area contributed by atoms with Gasteiger partial charge in [-0.15, -0.1) is 13.2 Å². The molecule has 0 atom stereocenters. The second-order valence-corrected chi connectivity index (χ2v) is 9.16. The summed E-state index contributed by atoms with van der Waals surface area (Å²) in [5, 5.41) is 22.7. The molecule has 0 spiro atoms. The Kier molecular flexibility index (Phi) is 7.86. The Hall–Kier alpha value is -2.60. The maximum absolute atomic E-state index is 11.4. The second-order valence-electron chi connectivity index (χ2n) is 9.16. The van der Waals surface area contributed by atoms with Crippen molar-refractivity contribution in [2.24, 2.45) is 0 Å². The van der Waals surface area contributed by atoms with Gasteiger partial charge in [-0.05, 0) is 62.0 Å². The number of rotatable bonds is 9. The normalized spacial score (nSPS) is 17.3. The van der Waals surface area contributed by atoms with Crippen LogP contribution in [0.3, 0.4) is 0 Å². The van der Waals surface area contributed by atoms with E-state index >= 15 is 0 Å². The van der Waals surface area contributed by atoms with Gasteiger partial charge in [0.1, 0.15) is 11.5 Å². The number of aromatic hydroxyl groups is 2. The smallest absolute Gasteiger partial charge is 0.128 e. The van der Waals surface area contributed by atoms with Crippen molar-refractivity contribution in [1.82, 2.24) is 9.80 Å². The van der Waals surface area contributed by atoms with Gasteiger partial charge in [0, 0.05) is 48.4 Å². The molecule has 2 aromatic carbocycles. The summed E-state index contributed by atoms with van der Waals surface area (Å²) < 4.78 is 5.48. The molecule has 0 aliphatic carbocycles. The lowest BCUT2D eigenvalue weighted by atomic mass is 9.92. The fraction of sp³-hybridized carbons (Fsp3) is 0.429. The zero-order chi connectivity index (χ0) is 23.2. The molecule has 2 aliphatic heterocycles. The third-order valence-electron chi connectivity index (χ3n) is 6.64. The molecule has 5 heteroatoms. The van der Waals surface area contributed by atoms with E-state index in [0.717, 1.165) is 55.0 Å². The Morgan fingerprint density at radius 3 is 1.64 bits per heavy atom. The van der Waals surface area contributed by atoms with Crippen LogP contribution in [0.25, 0.3) is 11.1 Å². The maximum atomic E-state index is 11.4. The van der Waals surface area contributed by atoms with Gasteiger partial charge in [0.05, 0.1) is 13.2 Å². The molecule has 2 saturated heterocycles. The average Bonchev–Trinajstić information content (AvgIpc) is 3.32. The number of hydrogen-bond acceptors (Lipinski definition) is 5. The fourth-order valence-corrected chi connectivity index (χ4v) is 4.92. The first kappa shape index (κ1) is 23.6. The molecule has 2 aliphatic rings. The summed E-state index contributed by atoms with van der Waals surface area (Å²) in [6.07, 6.45) is 7.59. The largest absolute Gasteiger partial charge is 0.507 e. The highest BCUT2D eigenvalue weighted by molar-refractivity contribution is 5.79. The molecule has 0 bridgehead atoms. The highest BCUT2D eigenvalue weighted by atomic mass is 16.5. The van der Waals surface area contributed by atoms with E-state index in [-0.39, 0.29) is 11.5 Å². The zero-order valence-corrected chi connectivity index (χ0v) is 19.6. The molecule has 5 nitrogen and oxygen atoms in total. The summed E-state index contributed by atoms with van der Waals surface area (Å²) >= 11 is 0. The first-order valence-corrected chi connectivity index (χ1v) is 12.0. The van der Waals surface area contributed by atoms with Gasteiger partial charge in [-0.2, -0.15) is 0 Å². The Labute approximate surface area is 197 Å². The Balaban J connectivity index is 1.77. The van der Waals surface area contributed by atoms with Crippen LogP contribution >= 0.6 is 0 Å². The Bertz CT molecular complexity index is 989. The molecule has 2 fully saturated rings. The molecule has 0 amide bonds. The van der Waals surface area contributed by atoms with Crippen LogP contribution in [0, 0.1) is 0 Å². The summed E-state index contributed by atoms with van der Waals surface area (Å²) in [5.74, 6) is 0.505. The van der Waals surface area contributed by atoms with Gasteiger partial charge < -0.3 is 14.9 Å². The minimum atomic E-state index is 0.243. The second kappa shape index (κ2) is 11.0. The van der Waals surface area contributed by atoms with Gasteiger partial charge in [-0.3, -0.25) is 9.80 Å². The summed E-state index contributed by atoms with van der Waals surface area (Å²) in [7, 11) is 0. The van der Waals surface area contributed by atoms with Gasteiger partial charge in [-0.25, -0.2) is 0 Å². The van der Waals surface area contributed by atoms with E-state index in [2.05, 4.69) is 35.1 Å². The van der Waals surface area contributed by atoms with Gasteiger partial charge in [0.25, 0.3) is 0 Å². The van der Waals surface area contributed by atoms with Crippen molar-refractivity contribution in [3.8, 4) is 22.6 Å². The van der Waals surface area contributed by atoms with Crippen LogP contribution in [0.15, 0.2) is 49.6 Å². The van der Waals surface area contributed by atoms with Crippen LogP contribution in [0.1, 0.15) is 35.1 Å². The molecule has 2 N–H and O–H groups in total. The van der Waals surface area contributed by atoms with Crippen LogP contribution in [-0.2, 0) is 30.7 Å². The zero-order valence-electron chi connectivity index (χ0n) is 19.6. The van der Waals surface area contributed by atoms with Crippen molar-refractivity contribution in [1.29, 1.82) is 0 Å². The number of nitrogens with zero attached hydrogens (tertiary/aromatic N) is 2. The topological polar surface area (TPSA) is 56.2 Å². The van der Waals surface area contributed by atoms with Crippen LogP contribution in [0.2, 0.25) is 0 Å². The Morgan fingerprint density at radius 1 is 0.727 bits per heavy atom. The number of phenols is 2. The first-order valence-electron chi connectivity index (χ1n) is 12.0. The highest BCUT2D eigenvalue weighted by Gasteiger charge is 2.21. The van der Waals surface area contributed by atoms with Crippen molar-refractivity contribution in [3.05, 3.63) is 71.8 Å². The monoisotopic (exact) mass is 448 g/mol. The van der Waals surface area contributed by atoms with E-state index in [1.807, 2.05) is 24.3 Å².